The van der Waals surface area contributed by atoms with Crippen LogP contribution in [0.3, 0.4) is 0 Å². The fraction of sp³-hybridized carbons (Fsp3) is 0.103. The van der Waals surface area contributed by atoms with Gasteiger partial charge in [-0.25, -0.2) is 0 Å². The van der Waals surface area contributed by atoms with Gasteiger partial charge in [0.2, 0.25) is 0 Å². The Morgan fingerprint density at radius 2 is 1.47 bits per heavy atom. The Bertz CT molecular complexity index is 1660. The van der Waals surface area contributed by atoms with E-state index in [2.05, 4.69) is 94.6 Å². The summed E-state index contributed by atoms with van der Waals surface area (Å²) >= 11 is 6.56. The molecule has 0 amide bonds. The van der Waals surface area contributed by atoms with E-state index in [-0.39, 0.29) is 0 Å². The summed E-state index contributed by atoms with van der Waals surface area (Å²) in [5.41, 5.74) is 7.59. The van der Waals surface area contributed by atoms with Gasteiger partial charge in [0.15, 0.2) is 0 Å². The van der Waals surface area contributed by atoms with Gasteiger partial charge in [0, 0.05) is 45.8 Å². The van der Waals surface area contributed by atoms with Gasteiger partial charge in [-0.2, -0.15) is 0 Å². The number of halogens is 1. The summed E-state index contributed by atoms with van der Waals surface area (Å²) < 4.78 is 2.44. The van der Waals surface area contributed by atoms with Gasteiger partial charge in [0.05, 0.1) is 16.6 Å². The van der Waals surface area contributed by atoms with Gasteiger partial charge in [-0.05, 0) is 46.8 Å². The van der Waals surface area contributed by atoms with Crippen LogP contribution in [0.5, 0.6) is 0 Å². The van der Waals surface area contributed by atoms with E-state index >= 15 is 0 Å². The summed E-state index contributed by atoms with van der Waals surface area (Å²) in [4.78, 5) is 0. The zero-order chi connectivity index (χ0) is 21.2. The maximum atomic E-state index is 6.56. The average Bonchev–Trinajstić information content (AvgIpc) is 3.14. The van der Waals surface area contributed by atoms with Crippen molar-refractivity contribution in [3.05, 3.63) is 102 Å². The molecule has 2 aromatic heterocycles. The lowest BCUT2D eigenvalue weighted by Crippen LogP contribution is -2.39. The number of nitrogens with one attached hydrogen (secondary N) is 1. The van der Waals surface area contributed by atoms with E-state index in [0.717, 1.165) is 18.1 Å². The minimum atomic E-state index is 0.596. The highest BCUT2D eigenvalue weighted by Gasteiger charge is 2.22. The molecule has 3 heteroatoms. The fourth-order valence-electron chi connectivity index (χ4n) is 5.33. The third-order valence-corrected chi connectivity index (χ3v) is 7.21. The number of hydrogen-bond donors (Lipinski definition) is 1. The van der Waals surface area contributed by atoms with E-state index in [1.54, 1.807) is 0 Å². The summed E-state index contributed by atoms with van der Waals surface area (Å²) in [6, 6.07) is 32.8. The van der Waals surface area contributed by atoms with E-state index in [4.69, 9.17) is 11.6 Å². The average molecular weight is 433 g/mol. The van der Waals surface area contributed by atoms with Crippen LogP contribution in [0.2, 0.25) is 5.02 Å². The van der Waals surface area contributed by atoms with E-state index in [1.807, 2.05) is 6.07 Å². The molecule has 154 valence electrons. The number of aromatic nitrogens is 1. The van der Waals surface area contributed by atoms with Crippen LogP contribution >= 0.6 is 11.6 Å². The van der Waals surface area contributed by atoms with Gasteiger partial charge in [0.1, 0.15) is 0 Å². The lowest BCUT2D eigenvalue weighted by atomic mass is 9.91. The molecular formula is C29H21ClN2. The maximum Gasteiger partial charge on any atom is 0.0626 e. The molecular weight excluding hydrogens is 412 g/mol. The number of pyridine rings is 1. The Hall–Kier alpha value is -3.33. The molecule has 0 unspecified atom stereocenters. The highest BCUT2D eigenvalue weighted by atomic mass is 35.5. The van der Waals surface area contributed by atoms with Crippen LogP contribution in [-0.2, 0) is 0 Å². The minimum Gasteiger partial charge on any atom is -0.315 e. The van der Waals surface area contributed by atoms with Gasteiger partial charge in [-0.1, -0.05) is 72.3 Å². The second-order valence-electron chi connectivity index (χ2n) is 8.76. The van der Waals surface area contributed by atoms with Crippen molar-refractivity contribution in [3.63, 3.8) is 0 Å². The second-order valence-corrected chi connectivity index (χ2v) is 9.20. The fourth-order valence-corrected chi connectivity index (χ4v) is 5.50. The van der Waals surface area contributed by atoms with Gasteiger partial charge in [-0.3, -0.25) is 0 Å². The molecule has 3 heterocycles. The predicted octanol–water partition coefficient (Wildman–Crippen LogP) is 7.41. The molecule has 4 aromatic carbocycles. The van der Waals surface area contributed by atoms with Gasteiger partial charge >= 0.3 is 0 Å². The van der Waals surface area contributed by atoms with Crippen LogP contribution in [0.25, 0.3) is 49.2 Å². The van der Waals surface area contributed by atoms with Crippen molar-refractivity contribution in [1.29, 1.82) is 0 Å². The van der Waals surface area contributed by atoms with E-state index in [1.165, 1.54) is 54.8 Å². The molecule has 0 spiro atoms. The normalized spacial score (nSPS) is 14.5. The van der Waals surface area contributed by atoms with Crippen LogP contribution in [-0.4, -0.2) is 17.5 Å². The highest BCUT2D eigenvalue weighted by Crippen LogP contribution is 2.43. The maximum absolute atomic E-state index is 6.56. The monoisotopic (exact) mass is 432 g/mol. The molecule has 1 saturated heterocycles. The molecule has 0 radical (unpaired) electrons. The minimum absolute atomic E-state index is 0.596. The van der Waals surface area contributed by atoms with Crippen LogP contribution in [0, 0.1) is 0 Å². The SMILES string of the molecule is Clc1ccc2c3cc(C4CNC4)ccc3n3c4ccccc4c(-c4ccccc4)c3c2c1. The topological polar surface area (TPSA) is 16.4 Å². The molecule has 1 fully saturated rings. The van der Waals surface area contributed by atoms with Crippen molar-refractivity contribution in [1.82, 2.24) is 9.72 Å². The smallest absolute Gasteiger partial charge is 0.0626 e. The Morgan fingerprint density at radius 1 is 0.688 bits per heavy atom. The molecule has 6 aromatic rings. The zero-order valence-corrected chi connectivity index (χ0v) is 18.2. The van der Waals surface area contributed by atoms with Crippen LogP contribution < -0.4 is 5.32 Å². The number of benzene rings is 4. The number of hydrogen-bond acceptors (Lipinski definition) is 1. The number of nitrogens with zero attached hydrogens (tertiary/aromatic N) is 1. The number of fused-ring (bicyclic) bond motifs is 8. The summed E-state index contributed by atoms with van der Waals surface area (Å²) in [6.07, 6.45) is 0. The van der Waals surface area contributed by atoms with E-state index in [0.29, 0.717) is 5.92 Å². The molecule has 0 bridgehead atoms. The lowest BCUT2D eigenvalue weighted by Gasteiger charge is -2.28. The number of rotatable bonds is 2. The Morgan fingerprint density at radius 3 is 2.28 bits per heavy atom. The molecule has 1 N–H and O–H groups in total. The Balaban J connectivity index is 1.75. The zero-order valence-electron chi connectivity index (χ0n) is 17.5. The van der Waals surface area contributed by atoms with Crippen molar-refractivity contribution in [3.8, 4) is 11.1 Å². The third kappa shape index (κ3) is 2.51. The summed E-state index contributed by atoms with van der Waals surface area (Å²) in [7, 11) is 0. The lowest BCUT2D eigenvalue weighted by molar-refractivity contribution is 0.449. The van der Waals surface area contributed by atoms with Crippen LogP contribution in [0.15, 0.2) is 91.0 Å². The largest absolute Gasteiger partial charge is 0.315 e. The molecule has 1 aliphatic heterocycles. The highest BCUT2D eigenvalue weighted by molar-refractivity contribution is 6.32. The number of para-hydroxylation sites is 1. The van der Waals surface area contributed by atoms with Crippen molar-refractivity contribution < 1.29 is 0 Å². The van der Waals surface area contributed by atoms with Crippen molar-refractivity contribution in [2.45, 2.75) is 5.92 Å². The van der Waals surface area contributed by atoms with Crippen molar-refractivity contribution in [2.24, 2.45) is 0 Å². The molecule has 32 heavy (non-hydrogen) atoms. The summed E-state index contributed by atoms with van der Waals surface area (Å²) in [5, 5.41) is 9.17. The van der Waals surface area contributed by atoms with Gasteiger partial charge in [-0.15, -0.1) is 0 Å². The quantitative estimate of drug-likeness (QED) is 0.282. The molecule has 2 nitrogen and oxygen atoms in total. The molecule has 7 rings (SSSR count). The van der Waals surface area contributed by atoms with E-state index in [9.17, 15) is 0 Å². The Kier molecular flexibility index (Phi) is 3.90. The second kappa shape index (κ2) is 6.83. The first-order chi connectivity index (χ1) is 15.8. The molecule has 0 saturated carbocycles. The first-order valence-corrected chi connectivity index (χ1v) is 11.5. The molecule has 0 aliphatic carbocycles. The van der Waals surface area contributed by atoms with Gasteiger partial charge < -0.3 is 9.72 Å². The third-order valence-electron chi connectivity index (χ3n) is 6.98. The first-order valence-electron chi connectivity index (χ1n) is 11.1. The van der Waals surface area contributed by atoms with E-state index < -0.39 is 0 Å². The van der Waals surface area contributed by atoms with Crippen molar-refractivity contribution >= 4 is 49.7 Å². The Labute approximate surface area is 191 Å². The predicted molar refractivity (Wildman–Crippen MR) is 136 cm³/mol. The molecule has 0 atom stereocenters. The van der Waals surface area contributed by atoms with Gasteiger partial charge in [0.25, 0.3) is 0 Å². The van der Waals surface area contributed by atoms with Crippen LogP contribution in [0.1, 0.15) is 11.5 Å². The van der Waals surface area contributed by atoms with Crippen LogP contribution in [0.4, 0.5) is 0 Å². The summed E-state index contributed by atoms with van der Waals surface area (Å²) in [5.74, 6) is 0.596. The standard InChI is InChI=1S/C29H21ClN2/c30-21-11-12-22-24-14-19(20-16-31-17-20)10-13-27(24)32-26-9-5-4-8-23(26)28(29(32)25(22)15-21)18-6-2-1-3-7-18/h1-15,20,31H,16-17H2. The first kappa shape index (κ1) is 18.3. The molecule has 1 aliphatic rings. The van der Waals surface area contributed by atoms with Crippen molar-refractivity contribution in [2.75, 3.05) is 13.1 Å². The summed E-state index contributed by atoms with van der Waals surface area (Å²) in [6.45, 7) is 2.12.